The SMILES string of the molecule is Fc1ccc(Sc2ccc3c(c2)c2cc(Sc4ccc(F)cc4)ccc2[s+]3-c2ccccc2)cc1. The molecule has 1 aromatic heterocycles. The largest absolute Gasteiger partial charge is 0.207 e. The molecule has 0 radical (unpaired) electrons. The van der Waals surface area contributed by atoms with Crippen molar-refractivity contribution in [3.05, 3.63) is 127 Å². The summed E-state index contributed by atoms with van der Waals surface area (Å²) in [6.45, 7) is 0. The Labute approximate surface area is 213 Å². The maximum Gasteiger partial charge on any atom is 0.187 e. The van der Waals surface area contributed by atoms with Crippen molar-refractivity contribution in [2.75, 3.05) is 0 Å². The number of benzene rings is 5. The molecule has 0 saturated carbocycles. The summed E-state index contributed by atoms with van der Waals surface area (Å²) in [4.78, 5) is 5.55. The van der Waals surface area contributed by atoms with E-state index in [1.165, 1.54) is 49.3 Å². The molecule has 0 unspecified atom stereocenters. The summed E-state index contributed by atoms with van der Waals surface area (Å²) in [5.41, 5.74) is 0. The third kappa shape index (κ3) is 4.59. The van der Waals surface area contributed by atoms with Crippen molar-refractivity contribution in [2.24, 2.45) is 0 Å². The maximum absolute atomic E-state index is 13.4. The first-order chi connectivity index (χ1) is 17.1. The molecule has 1 heterocycles. The molecule has 0 atom stereocenters. The molecule has 0 saturated heterocycles. The van der Waals surface area contributed by atoms with Crippen LogP contribution >= 0.6 is 34.0 Å². The molecule has 0 amide bonds. The zero-order valence-corrected chi connectivity index (χ0v) is 20.9. The van der Waals surface area contributed by atoms with E-state index in [4.69, 9.17) is 0 Å². The summed E-state index contributed by atoms with van der Waals surface area (Å²) >= 11 is 3.28. The molecule has 170 valence electrons. The highest BCUT2D eigenvalue weighted by Crippen LogP contribution is 2.50. The lowest BCUT2D eigenvalue weighted by Gasteiger charge is -2.02. The lowest BCUT2D eigenvalue weighted by atomic mass is 10.1. The van der Waals surface area contributed by atoms with E-state index in [1.807, 2.05) is 24.3 Å². The van der Waals surface area contributed by atoms with Gasteiger partial charge in [0, 0.05) is 53.0 Å². The Balaban J connectivity index is 1.49. The number of rotatable bonds is 5. The fourth-order valence-corrected chi connectivity index (χ4v) is 8.20. The summed E-state index contributed by atoms with van der Waals surface area (Å²) in [7, 11) is -0.174. The summed E-state index contributed by atoms with van der Waals surface area (Å²) in [5, 5.41) is 2.47. The van der Waals surface area contributed by atoms with Crippen LogP contribution in [0.4, 0.5) is 8.78 Å². The van der Waals surface area contributed by atoms with E-state index in [-0.39, 0.29) is 22.1 Å². The summed E-state index contributed by atoms with van der Waals surface area (Å²) in [6, 6.07) is 37.2. The van der Waals surface area contributed by atoms with E-state index in [1.54, 1.807) is 23.5 Å². The maximum atomic E-state index is 13.4. The average Bonchev–Trinajstić information content (AvgIpc) is 3.20. The highest BCUT2D eigenvalue weighted by Gasteiger charge is 2.24. The predicted octanol–water partition coefficient (Wildman–Crippen LogP) is 10.3. The smallest absolute Gasteiger partial charge is 0.187 e. The molecule has 0 aliphatic carbocycles. The van der Waals surface area contributed by atoms with Crippen LogP contribution in [0.15, 0.2) is 135 Å². The highest BCUT2D eigenvalue weighted by molar-refractivity contribution is 7.99. The van der Waals surface area contributed by atoms with Gasteiger partial charge in [-0.1, -0.05) is 41.7 Å². The molecule has 0 aliphatic rings. The second kappa shape index (κ2) is 9.50. The number of fused-ring (bicyclic) bond motifs is 3. The zero-order chi connectivity index (χ0) is 23.8. The lowest BCUT2D eigenvalue weighted by molar-refractivity contribution is 0.626. The fraction of sp³-hybridized carbons (Fsp3) is 0. The van der Waals surface area contributed by atoms with Crippen LogP contribution in [-0.4, -0.2) is 0 Å². The van der Waals surface area contributed by atoms with Crippen LogP contribution in [-0.2, 0) is 0 Å². The monoisotopic (exact) mass is 513 g/mol. The van der Waals surface area contributed by atoms with Gasteiger partial charge in [-0.25, -0.2) is 8.78 Å². The van der Waals surface area contributed by atoms with Crippen LogP contribution in [0.2, 0.25) is 0 Å². The number of thiophene rings is 1. The molecule has 35 heavy (non-hydrogen) atoms. The Bertz CT molecular complexity index is 1530. The van der Waals surface area contributed by atoms with Crippen molar-refractivity contribution in [1.82, 2.24) is 0 Å². The average molecular weight is 514 g/mol. The van der Waals surface area contributed by atoms with Crippen LogP contribution in [0, 0.1) is 11.6 Å². The van der Waals surface area contributed by atoms with Gasteiger partial charge >= 0.3 is 0 Å². The molecule has 0 aliphatic heterocycles. The van der Waals surface area contributed by atoms with Gasteiger partial charge < -0.3 is 0 Å². The standard InChI is InChI=1S/C30H19F2S3/c31-20-6-10-22(11-7-20)33-24-14-16-29-27(18-24)28-19-25(34-23-12-8-21(32)9-13-23)15-17-30(28)35(29)26-4-2-1-3-5-26/h1-19H/q+1. The quantitative estimate of drug-likeness (QED) is 0.210. The van der Waals surface area contributed by atoms with E-state index in [0.717, 1.165) is 19.6 Å². The van der Waals surface area contributed by atoms with Crippen LogP contribution in [0.5, 0.6) is 0 Å². The third-order valence-corrected chi connectivity index (χ3v) is 10.0. The Morgan fingerprint density at radius 2 is 0.886 bits per heavy atom. The summed E-state index contributed by atoms with van der Waals surface area (Å²) in [5.74, 6) is -0.453. The van der Waals surface area contributed by atoms with Gasteiger partial charge in [-0.2, -0.15) is 0 Å². The van der Waals surface area contributed by atoms with Crippen LogP contribution in [0.3, 0.4) is 0 Å². The highest BCUT2D eigenvalue weighted by atomic mass is 32.2. The van der Waals surface area contributed by atoms with Crippen molar-refractivity contribution in [2.45, 2.75) is 19.6 Å². The Morgan fingerprint density at radius 1 is 0.457 bits per heavy atom. The molecule has 6 aromatic rings. The Kier molecular flexibility index (Phi) is 6.06. The zero-order valence-electron chi connectivity index (χ0n) is 18.5. The van der Waals surface area contributed by atoms with Gasteiger partial charge in [0.15, 0.2) is 14.3 Å². The van der Waals surface area contributed by atoms with Gasteiger partial charge in [-0.15, -0.1) is 0 Å². The minimum Gasteiger partial charge on any atom is -0.207 e. The predicted molar refractivity (Wildman–Crippen MR) is 146 cm³/mol. The molecule has 6 rings (SSSR count). The van der Waals surface area contributed by atoms with Gasteiger partial charge in [0.05, 0.1) is 0 Å². The minimum absolute atomic E-state index is 0.174. The number of hydrogen-bond donors (Lipinski definition) is 0. The van der Waals surface area contributed by atoms with E-state index in [0.29, 0.717) is 0 Å². The summed E-state index contributed by atoms with van der Waals surface area (Å²) < 4.78 is 29.4. The van der Waals surface area contributed by atoms with E-state index < -0.39 is 0 Å². The van der Waals surface area contributed by atoms with Gasteiger partial charge in [0.1, 0.15) is 11.6 Å². The van der Waals surface area contributed by atoms with E-state index >= 15 is 0 Å². The molecule has 5 aromatic carbocycles. The number of hydrogen-bond acceptors (Lipinski definition) is 2. The molecule has 0 spiro atoms. The topological polar surface area (TPSA) is 0 Å². The second-order valence-electron chi connectivity index (χ2n) is 8.05. The van der Waals surface area contributed by atoms with Crippen molar-refractivity contribution < 1.29 is 8.78 Å². The van der Waals surface area contributed by atoms with Crippen LogP contribution in [0.25, 0.3) is 25.1 Å². The van der Waals surface area contributed by atoms with Crippen molar-refractivity contribution in [3.63, 3.8) is 0 Å². The van der Waals surface area contributed by atoms with E-state index in [2.05, 4.69) is 66.7 Å². The molecular weight excluding hydrogens is 495 g/mol. The Morgan fingerprint density at radius 3 is 1.34 bits per heavy atom. The second-order valence-corrected chi connectivity index (χ2v) is 12.3. The van der Waals surface area contributed by atoms with Gasteiger partial charge in [-0.3, -0.25) is 0 Å². The number of halogens is 2. The molecule has 0 fully saturated rings. The third-order valence-electron chi connectivity index (χ3n) is 5.71. The van der Waals surface area contributed by atoms with Gasteiger partial charge in [-0.05, 0) is 84.9 Å². The van der Waals surface area contributed by atoms with Gasteiger partial charge in [0.2, 0.25) is 0 Å². The Hall–Kier alpha value is -3.12. The first-order valence-corrected chi connectivity index (χ1v) is 13.9. The first kappa shape index (κ1) is 22.4. The van der Waals surface area contributed by atoms with Gasteiger partial charge in [0.25, 0.3) is 0 Å². The molecular formula is C30H19F2S3+. The molecule has 0 N–H and O–H groups in total. The molecule has 0 bridgehead atoms. The van der Waals surface area contributed by atoms with Crippen LogP contribution < -0.4 is 0 Å². The van der Waals surface area contributed by atoms with Crippen molar-refractivity contribution in [3.8, 4) is 4.90 Å². The van der Waals surface area contributed by atoms with Crippen molar-refractivity contribution in [1.29, 1.82) is 0 Å². The van der Waals surface area contributed by atoms with Crippen molar-refractivity contribution >= 4 is 54.2 Å². The van der Waals surface area contributed by atoms with Crippen LogP contribution in [0.1, 0.15) is 0 Å². The normalized spacial score (nSPS) is 11.4. The molecule has 5 heteroatoms. The van der Waals surface area contributed by atoms with E-state index in [9.17, 15) is 8.78 Å². The molecule has 0 nitrogen and oxygen atoms in total. The first-order valence-electron chi connectivity index (χ1n) is 11.1. The lowest BCUT2D eigenvalue weighted by Crippen LogP contribution is -1.77. The summed E-state index contributed by atoms with van der Waals surface area (Å²) in [6.07, 6.45) is 0. The fourth-order valence-electron chi connectivity index (χ4n) is 4.13. The minimum atomic E-state index is -0.227.